The quantitative estimate of drug-likeness (QED) is 0.848. The Bertz CT molecular complexity index is 471. The third kappa shape index (κ3) is 2.68. The molecule has 1 rings (SSSR count). The SMILES string of the molecule is CCCC(C)S(=O)(=O)c1ccc(N)c(Cl)c1. The molecule has 1 atom stereocenters. The maximum Gasteiger partial charge on any atom is 0.181 e. The number of rotatable bonds is 4. The zero-order chi connectivity index (χ0) is 12.3. The molecule has 0 amide bonds. The van der Waals surface area contributed by atoms with E-state index in [1.807, 2.05) is 6.92 Å². The van der Waals surface area contributed by atoms with Gasteiger partial charge in [0, 0.05) is 0 Å². The number of hydrogen-bond donors (Lipinski definition) is 1. The molecule has 2 N–H and O–H groups in total. The molecule has 90 valence electrons. The number of halogens is 1. The van der Waals surface area contributed by atoms with E-state index in [0.29, 0.717) is 12.1 Å². The number of sulfone groups is 1. The molecule has 3 nitrogen and oxygen atoms in total. The van der Waals surface area contributed by atoms with Gasteiger partial charge < -0.3 is 5.73 Å². The van der Waals surface area contributed by atoms with Gasteiger partial charge in [0.15, 0.2) is 9.84 Å². The molecule has 0 aromatic heterocycles. The number of nitrogen functional groups attached to an aromatic ring is 1. The lowest BCUT2D eigenvalue weighted by Crippen LogP contribution is -2.17. The first-order valence-corrected chi connectivity index (χ1v) is 7.11. The van der Waals surface area contributed by atoms with Gasteiger partial charge in [0.1, 0.15) is 0 Å². The molecule has 1 aromatic carbocycles. The van der Waals surface area contributed by atoms with Crippen LogP contribution >= 0.6 is 11.6 Å². The summed E-state index contributed by atoms with van der Waals surface area (Å²) in [5.41, 5.74) is 5.93. The second-order valence-electron chi connectivity index (χ2n) is 3.83. The highest BCUT2D eigenvalue weighted by Gasteiger charge is 2.22. The van der Waals surface area contributed by atoms with Crippen molar-refractivity contribution in [3.05, 3.63) is 23.2 Å². The average molecular weight is 262 g/mol. The highest BCUT2D eigenvalue weighted by Crippen LogP contribution is 2.26. The average Bonchev–Trinajstić information content (AvgIpc) is 2.22. The first kappa shape index (κ1) is 13.3. The lowest BCUT2D eigenvalue weighted by atomic mass is 10.3. The van der Waals surface area contributed by atoms with Gasteiger partial charge in [-0.1, -0.05) is 24.9 Å². The highest BCUT2D eigenvalue weighted by atomic mass is 35.5. The normalized spacial score (nSPS) is 13.7. The molecule has 0 aliphatic heterocycles. The summed E-state index contributed by atoms with van der Waals surface area (Å²) in [6.45, 7) is 3.67. The van der Waals surface area contributed by atoms with Gasteiger partial charge in [-0.05, 0) is 31.5 Å². The smallest absolute Gasteiger partial charge is 0.181 e. The van der Waals surface area contributed by atoms with Gasteiger partial charge in [-0.2, -0.15) is 0 Å². The molecule has 16 heavy (non-hydrogen) atoms. The summed E-state index contributed by atoms with van der Waals surface area (Å²) < 4.78 is 24.2. The van der Waals surface area contributed by atoms with E-state index in [9.17, 15) is 8.42 Å². The molecule has 0 fully saturated rings. The van der Waals surface area contributed by atoms with Crippen LogP contribution in [0, 0.1) is 0 Å². The maximum atomic E-state index is 12.1. The first-order valence-electron chi connectivity index (χ1n) is 5.18. The monoisotopic (exact) mass is 261 g/mol. The summed E-state index contributed by atoms with van der Waals surface area (Å²) in [6, 6.07) is 4.44. The molecule has 0 saturated heterocycles. The van der Waals surface area contributed by atoms with Crippen molar-refractivity contribution >= 4 is 27.1 Å². The van der Waals surface area contributed by atoms with Crippen LogP contribution in [0.5, 0.6) is 0 Å². The molecule has 5 heteroatoms. The van der Waals surface area contributed by atoms with Crippen molar-refractivity contribution in [3.63, 3.8) is 0 Å². The number of anilines is 1. The van der Waals surface area contributed by atoms with E-state index in [2.05, 4.69) is 0 Å². The minimum Gasteiger partial charge on any atom is -0.398 e. The molecular weight excluding hydrogens is 246 g/mol. The molecule has 0 saturated carbocycles. The highest BCUT2D eigenvalue weighted by molar-refractivity contribution is 7.92. The Labute approximate surface area is 102 Å². The van der Waals surface area contributed by atoms with Crippen molar-refractivity contribution in [2.45, 2.75) is 36.8 Å². The van der Waals surface area contributed by atoms with Crippen LogP contribution in [0.25, 0.3) is 0 Å². The van der Waals surface area contributed by atoms with Crippen LogP contribution in [0.3, 0.4) is 0 Å². The van der Waals surface area contributed by atoms with Gasteiger partial charge in [0.05, 0.1) is 20.9 Å². The second kappa shape index (κ2) is 5.06. The predicted molar refractivity (Wildman–Crippen MR) is 67.4 cm³/mol. The maximum absolute atomic E-state index is 12.1. The number of nitrogens with two attached hydrogens (primary N) is 1. The van der Waals surface area contributed by atoms with E-state index in [0.717, 1.165) is 6.42 Å². The van der Waals surface area contributed by atoms with Crippen molar-refractivity contribution in [3.8, 4) is 0 Å². The largest absolute Gasteiger partial charge is 0.398 e. The Morgan fingerprint density at radius 2 is 2.06 bits per heavy atom. The van der Waals surface area contributed by atoms with Gasteiger partial charge >= 0.3 is 0 Å². The minimum absolute atomic E-state index is 0.243. The van der Waals surface area contributed by atoms with E-state index < -0.39 is 15.1 Å². The summed E-state index contributed by atoms with van der Waals surface area (Å²) in [7, 11) is -3.28. The van der Waals surface area contributed by atoms with Crippen LogP contribution in [0.4, 0.5) is 5.69 Å². The van der Waals surface area contributed by atoms with Crippen molar-refractivity contribution < 1.29 is 8.42 Å². The minimum atomic E-state index is -3.28. The lowest BCUT2D eigenvalue weighted by Gasteiger charge is -2.12. The van der Waals surface area contributed by atoms with E-state index in [4.69, 9.17) is 17.3 Å². The van der Waals surface area contributed by atoms with Crippen LogP contribution in [0.2, 0.25) is 5.02 Å². The molecular formula is C11H16ClNO2S. The van der Waals surface area contributed by atoms with Crippen LogP contribution in [0.15, 0.2) is 23.1 Å². The lowest BCUT2D eigenvalue weighted by molar-refractivity contribution is 0.576. The summed E-state index contributed by atoms with van der Waals surface area (Å²) in [5.74, 6) is 0. The molecule has 1 aromatic rings. The Morgan fingerprint density at radius 1 is 1.44 bits per heavy atom. The van der Waals surface area contributed by atoms with Crippen LogP contribution < -0.4 is 5.73 Å². The Balaban J connectivity index is 3.12. The summed E-state index contributed by atoms with van der Waals surface area (Å²) >= 11 is 5.81. The molecule has 0 aliphatic carbocycles. The first-order chi connectivity index (χ1) is 7.39. The zero-order valence-corrected chi connectivity index (χ0v) is 11.0. The fourth-order valence-electron chi connectivity index (χ4n) is 1.48. The van der Waals surface area contributed by atoms with E-state index in [1.54, 1.807) is 6.92 Å². The van der Waals surface area contributed by atoms with Crippen molar-refractivity contribution in [2.75, 3.05) is 5.73 Å². The standard InChI is InChI=1S/C11H16ClNO2S/c1-3-4-8(2)16(14,15)9-5-6-11(13)10(12)7-9/h5-8H,3-4,13H2,1-2H3. The second-order valence-corrected chi connectivity index (χ2v) is 6.60. The van der Waals surface area contributed by atoms with Crippen molar-refractivity contribution in [2.24, 2.45) is 0 Å². The third-order valence-corrected chi connectivity index (χ3v) is 5.06. The van der Waals surface area contributed by atoms with Gasteiger partial charge in [-0.25, -0.2) is 8.42 Å². The van der Waals surface area contributed by atoms with E-state index >= 15 is 0 Å². The fraction of sp³-hybridized carbons (Fsp3) is 0.455. The molecule has 0 aliphatic rings. The number of benzene rings is 1. The summed E-state index contributed by atoms with van der Waals surface area (Å²) in [5, 5.41) is -0.109. The third-order valence-electron chi connectivity index (χ3n) is 2.53. The summed E-state index contributed by atoms with van der Waals surface area (Å²) in [4.78, 5) is 0.243. The predicted octanol–water partition coefficient (Wildman–Crippen LogP) is 2.88. The topological polar surface area (TPSA) is 60.2 Å². The van der Waals surface area contributed by atoms with Crippen LogP contribution in [-0.2, 0) is 9.84 Å². The fourth-order valence-corrected chi connectivity index (χ4v) is 3.27. The Morgan fingerprint density at radius 3 is 2.56 bits per heavy atom. The molecule has 0 bridgehead atoms. The summed E-state index contributed by atoms with van der Waals surface area (Å²) in [6.07, 6.45) is 1.48. The molecule has 0 spiro atoms. The van der Waals surface area contributed by atoms with E-state index in [-0.39, 0.29) is 9.92 Å². The van der Waals surface area contributed by atoms with Gasteiger partial charge in [0.2, 0.25) is 0 Å². The van der Waals surface area contributed by atoms with Crippen molar-refractivity contribution in [1.29, 1.82) is 0 Å². The Hall–Kier alpha value is -0.740. The Kier molecular flexibility index (Phi) is 4.21. The zero-order valence-electron chi connectivity index (χ0n) is 9.40. The van der Waals surface area contributed by atoms with Gasteiger partial charge in [0.25, 0.3) is 0 Å². The molecule has 1 unspecified atom stereocenters. The molecule has 0 radical (unpaired) electrons. The van der Waals surface area contributed by atoms with E-state index in [1.165, 1.54) is 18.2 Å². The van der Waals surface area contributed by atoms with Crippen LogP contribution in [0.1, 0.15) is 26.7 Å². The van der Waals surface area contributed by atoms with Gasteiger partial charge in [-0.3, -0.25) is 0 Å². The van der Waals surface area contributed by atoms with Gasteiger partial charge in [-0.15, -0.1) is 0 Å². The van der Waals surface area contributed by atoms with Crippen LogP contribution in [-0.4, -0.2) is 13.7 Å². The van der Waals surface area contributed by atoms with Crippen molar-refractivity contribution in [1.82, 2.24) is 0 Å². The molecule has 0 heterocycles. The number of hydrogen-bond acceptors (Lipinski definition) is 3.